The molecule has 2 rings (SSSR count). The number of benzene rings is 1. The van der Waals surface area contributed by atoms with Crippen LogP contribution in [0.5, 0.6) is 0 Å². The summed E-state index contributed by atoms with van der Waals surface area (Å²) >= 11 is 3.06. The van der Waals surface area contributed by atoms with Gasteiger partial charge in [0.2, 0.25) is 0 Å². The quantitative estimate of drug-likeness (QED) is 0.835. The van der Waals surface area contributed by atoms with Crippen molar-refractivity contribution in [2.24, 2.45) is 0 Å². The van der Waals surface area contributed by atoms with Crippen LogP contribution >= 0.6 is 15.9 Å². The zero-order valence-electron chi connectivity index (χ0n) is 11.1. The molecule has 5 nitrogen and oxygen atoms in total. The Labute approximate surface area is 130 Å². The standard InChI is InChI=1S/C13H13BrFN3O2S/c1-2-18(9-3-5-17-6-4-9)21(19,20)13-8-12(16)10(14)7-11(13)15/h3-8H,2,16H2,1H3. The van der Waals surface area contributed by atoms with Crippen LogP contribution in [0.4, 0.5) is 15.8 Å². The first kappa shape index (κ1) is 15.7. The van der Waals surface area contributed by atoms with Crippen molar-refractivity contribution in [2.75, 3.05) is 16.6 Å². The molecule has 0 aliphatic carbocycles. The normalized spacial score (nSPS) is 11.4. The predicted octanol–water partition coefficient (Wildman–Crippen LogP) is 2.78. The second kappa shape index (κ2) is 5.98. The molecule has 0 bridgehead atoms. The van der Waals surface area contributed by atoms with Gasteiger partial charge in [-0.2, -0.15) is 0 Å². The van der Waals surface area contributed by atoms with Crippen molar-refractivity contribution in [1.29, 1.82) is 0 Å². The first-order valence-corrected chi connectivity index (χ1v) is 8.28. The molecule has 0 spiro atoms. The van der Waals surface area contributed by atoms with Gasteiger partial charge in [-0.3, -0.25) is 9.29 Å². The lowest BCUT2D eigenvalue weighted by Gasteiger charge is -2.23. The second-order valence-corrected chi connectivity index (χ2v) is 6.86. The third-order valence-electron chi connectivity index (χ3n) is 2.86. The highest BCUT2D eigenvalue weighted by molar-refractivity contribution is 9.10. The van der Waals surface area contributed by atoms with Crippen molar-refractivity contribution in [2.45, 2.75) is 11.8 Å². The summed E-state index contributed by atoms with van der Waals surface area (Å²) in [6.07, 6.45) is 2.94. The molecule has 0 aliphatic rings. The van der Waals surface area contributed by atoms with Gasteiger partial charge in [-0.15, -0.1) is 0 Å². The third kappa shape index (κ3) is 3.01. The number of nitrogens with two attached hydrogens (primary N) is 1. The highest BCUT2D eigenvalue weighted by atomic mass is 79.9. The average molecular weight is 374 g/mol. The monoisotopic (exact) mass is 373 g/mol. The number of nitrogens with zero attached hydrogens (tertiary/aromatic N) is 2. The van der Waals surface area contributed by atoms with E-state index in [0.29, 0.717) is 10.2 Å². The van der Waals surface area contributed by atoms with Gasteiger partial charge in [0, 0.05) is 29.1 Å². The molecule has 0 saturated carbocycles. The van der Waals surface area contributed by atoms with Crippen LogP contribution in [0, 0.1) is 5.82 Å². The Morgan fingerprint density at radius 2 is 1.95 bits per heavy atom. The number of rotatable bonds is 4. The lowest BCUT2D eigenvalue weighted by molar-refractivity contribution is 0.564. The molecule has 0 radical (unpaired) electrons. The van der Waals surface area contributed by atoms with Crippen molar-refractivity contribution in [1.82, 2.24) is 4.98 Å². The summed E-state index contributed by atoms with van der Waals surface area (Å²) in [4.78, 5) is 3.38. The minimum atomic E-state index is -4.04. The van der Waals surface area contributed by atoms with E-state index in [1.54, 1.807) is 19.1 Å². The Kier molecular flexibility index (Phi) is 4.48. The Morgan fingerprint density at radius 1 is 1.33 bits per heavy atom. The van der Waals surface area contributed by atoms with Gasteiger partial charge in [-0.25, -0.2) is 12.8 Å². The van der Waals surface area contributed by atoms with Gasteiger partial charge in [0.1, 0.15) is 10.7 Å². The minimum Gasteiger partial charge on any atom is -0.398 e. The molecule has 0 aliphatic heterocycles. The third-order valence-corrected chi connectivity index (χ3v) is 5.46. The lowest BCUT2D eigenvalue weighted by atomic mass is 10.3. The molecule has 2 aromatic rings. The number of nitrogen functional groups attached to an aromatic ring is 1. The maximum atomic E-state index is 14.0. The van der Waals surface area contributed by atoms with Crippen molar-refractivity contribution in [3.63, 3.8) is 0 Å². The molecule has 2 N–H and O–H groups in total. The molecular weight excluding hydrogens is 361 g/mol. The average Bonchev–Trinajstić information content (AvgIpc) is 2.44. The largest absolute Gasteiger partial charge is 0.398 e. The topological polar surface area (TPSA) is 76.3 Å². The maximum absolute atomic E-state index is 14.0. The molecule has 8 heteroatoms. The van der Waals surface area contributed by atoms with Crippen LogP contribution in [-0.2, 0) is 10.0 Å². The molecule has 0 amide bonds. The van der Waals surface area contributed by atoms with E-state index in [-0.39, 0.29) is 12.2 Å². The fraction of sp³-hybridized carbons (Fsp3) is 0.154. The van der Waals surface area contributed by atoms with Crippen LogP contribution < -0.4 is 10.0 Å². The number of sulfonamides is 1. The molecule has 0 fully saturated rings. The van der Waals surface area contributed by atoms with E-state index in [0.717, 1.165) is 16.4 Å². The fourth-order valence-corrected chi connectivity index (χ4v) is 3.74. The van der Waals surface area contributed by atoms with E-state index in [4.69, 9.17) is 5.73 Å². The summed E-state index contributed by atoms with van der Waals surface area (Å²) in [6, 6.07) is 5.24. The summed E-state index contributed by atoms with van der Waals surface area (Å²) < 4.78 is 40.7. The van der Waals surface area contributed by atoms with Crippen molar-refractivity contribution in [3.05, 3.63) is 46.9 Å². The van der Waals surface area contributed by atoms with E-state index in [9.17, 15) is 12.8 Å². The highest BCUT2D eigenvalue weighted by Crippen LogP contribution is 2.30. The summed E-state index contributed by atoms with van der Waals surface area (Å²) in [5.74, 6) is -0.858. The lowest BCUT2D eigenvalue weighted by Crippen LogP contribution is -2.31. The van der Waals surface area contributed by atoms with Crippen molar-refractivity contribution < 1.29 is 12.8 Å². The first-order valence-electron chi connectivity index (χ1n) is 6.05. The highest BCUT2D eigenvalue weighted by Gasteiger charge is 2.27. The van der Waals surface area contributed by atoms with Gasteiger partial charge in [-0.05, 0) is 47.1 Å². The molecule has 0 atom stereocenters. The molecule has 1 aromatic heterocycles. The number of pyridine rings is 1. The Balaban J connectivity index is 2.58. The summed E-state index contributed by atoms with van der Waals surface area (Å²) in [6.45, 7) is 1.82. The predicted molar refractivity (Wildman–Crippen MR) is 83.0 cm³/mol. The van der Waals surface area contributed by atoms with Gasteiger partial charge in [0.25, 0.3) is 10.0 Å². The second-order valence-electron chi connectivity index (χ2n) is 4.18. The molecule has 1 aromatic carbocycles. The van der Waals surface area contributed by atoms with Crippen LogP contribution in [0.1, 0.15) is 6.92 Å². The molecule has 0 unspecified atom stereocenters. The van der Waals surface area contributed by atoms with Crippen LogP contribution in [-0.4, -0.2) is 19.9 Å². The number of halogens is 2. The van der Waals surface area contributed by atoms with Crippen LogP contribution in [0.15, 0.2) is 46.0 Å². The molecule has 0 saturated heterocycles. The van der Waals surface area contributed by atoms with Crippen LogP contribution in [0.25, 0.3) is 0 Å². The number of anilines is 2. The zero-order chi connectivity index (χ0) is 15.6. The van der Waals surface area contributed by atoms with E-state index in [1.807, 2.05) is 0 Å². The minimum absolute atomic E-state index is 0.153. The van der Waals surface area contributed by atoms with E-state index < -0.39 is 20.7 Å². The van der Waals surface area contributed by atoms with Gasteiger partial charge in [0.15, 0.2) is 0 Å². The van der Waals surface area contributed by atoms with Crippen molar-refractivity contribution >= 4 is 37.3 Å². The zero-order valence-corrected chi connectivity index (χ0v) is 13.5. The van der Waals surface area contributed by atoms with Gasteiger partial charge in [0.05, 0.1) is 5.69 Å². The summed E-state index contributed by atoms with van der Waals surface area (Å²) in [5.41, 5.74) is 6.22. The van der Waals surface area contributed by atoms with Gasteiger partial charge < -0.3 is 5.73 Å². The summed E-state index contributed by atoms with van der Waals surface area (Å²) in [5, 5.41) is 0. The smallest absolute Gasteiger partial charge is 0.267 e. The van der Waals surface area contributed by atoms with Crippen molar-refractivity contribution in [3.8, 4) is 0 Å². The van der Waals surface area contributed by atoms with E-state index >= 15 is 0 Å². The molecule has 112 valence electrons. The Hall–Kier alpha value is -1.67. The Bertz CT molecular complexity index is 754. The van der Waals surface area contributed by atoms with Gasteiger partial charge in [-0.1, -0.05) is 0 Å². The Morgan fingerprint density at radius 3 is 2.52 bits per heavy atom. The molecule has 1 heterocycles. The first-order chi connectivity index (χ1) is 9.87. The maximum Gasteiger partial charge on any atom is 0.267 e. The molecule has 21 heavy (non-hydrogen) atoms. The van der Waals surface area contributed by atoms with Crippen LogP contribution in [0.3, 0.4) is 0 Å². The number of aromatic nitrogens is 1. The van der Waals surface area contributed by atoms with Crippen LogP contribution in [0.2, 0.25) is 0 Å². The summed E-state index contributed by atoms with van der Waals surface area (Å²) in [7, 11) is -4.04. The van der Waals surface area contributed by atoms with Gasteiger partial charge >= 0.3 is 0 Å². The number of hydrogen-bond acceptors (Lipinski definition) is 4. The van der Waals surface area contributed by atoms with E-state index in [1.165, 1.54) is 12.4 Å². The molecular formula is C13H13BrFN3O2S. The SMILES string of the molecule is CCN(c1ccncc1)S(=O)(=O)c1cc(N)c(Br)cc1F. The number of hydrogen-bond donors (Lipinski definition) is 1. The fourth-order valence-electron chi connectivity index (χ4n) is 1.86. The van der Waals surface area contributed by atoms with E-state index in [2.05, 4.69) is 20.9 Å².